The molecule has 0 saturated carbocycles. The topological polar surface area (TPSA) is 56.8 Å². The molecule has 0 rings (SSSR count). The van der Waals surface area contributed by atoms with Gasteiger partial charge in [-0.05, 0) is 27.2 Å². The van der Waals surface area contributed by atoms with Crippen molar-refractivity contribution in [1.29, 1.82) is 0 Å². The van der Waals surface area contributed by atoms with Gasteiger partial charge in [0, 0.05) is 20.6 Å². The Balaban J connectivity index is 3.72. The molecule has 0 spiro atoms. The van der Waals surface area contributed by atoms with Crippen molar-refractivity contribution in [1.82, 2.24) is 5.32 Å². The zero-order chi connectivity index (χ0) is 17.2. The monoisotopic (exact) mass is 353 g/mol. The van der Waals surface area contributed by atoms with Gasteiger partial charge in [0.15, 0.2) is 0 Å². The molecule has 5 nitrogen and oxygen atoms in total. The van der Waals surface area contributed by atoms with Crippen LogP contribution >= 0.6 is 11.6 Å². The van der Waals surface area contributed by atoms with Gasteiger partial charge in [-0.15, -0.1) is 11.6 Å². The van der Waals surface area contributed by atoms with Crippen LogP contribution in [0.1, 0.15) is 27.2 Å². The van der Waals surface area contributed by atoms with Crippen LogP contribution in [0.25, 0.3) is 0 Å². The number of alkyl halides is 1. The third-order valence-corrected chi connectivity index (χ3v) is 4.83. The average molecular weight is 354 g/mol. The highest BCUT2D eigenvalue weighted by Gasteiger charge is 2.19. The molecule has 1 unspecified atom stereocenters. The van der Waals surface area contributed by atoms with E-state index in [9.17, 15) is 4.79 Å². The molecule has 1 N–H and O–H groups in total. The van der Waals surface area contributed by atoms with Crippen molar-refractivity contribution in [3.8, 4) is 0 Å². The van der Waals surface area contributed by atoms with E-state index in [2.05, 4.69) is 25.0 Å². The number of alkyl carbamates (subject to hydrolysis) is 1. The molecule has 0 aromatic rings. The van der Waals surface area contributed by atoms with Gasteiger partial charge in [0.2, 0.25) is 0 Å². The molecule has 0 radical (unpaired) electrons. The molecule has 0 aliphatic rings. The Morgan fingerprint density at radius 2 is 1.86 bits per heavy atom. The minimum absolute atomic E-state index is 0.217. The maximum Gasteiger partial charge on any atom is 0.407 e. The molecular formula is C15H32ClNO4Si. The van der Waals surface area contributed by atoms with Crippen LogP contribution in [-0.2, 0) is 14.2 Å². The lowest BCUT2D eigenvalue weighted by atomic mass is 10.2. The van der Waals surface area contributed by atoms with E-state index in [1.165, 1.54) is 6.04 Å². The van der Waals surface area contributed by atoms with Gasteiger partial charge in [-0.25, -0.2) is 4.79 Å². The van der Waals surface area contributed by atoms with E-state index in [4.69, 9.17) is 25.8 Å². The van der Waals surface area contributed by atoms with Crippen LogP contribution in [0.3, 0.4) is 0 Å². The molecule has 0 heterocycles. The lowest BCUT2D eigenvalue weighted by molar-refractivity contribution is -0.0586. The number of hydrogen-bond donors (Lipinski definition) is 1. The molecule has 0 fully saturated rings. The largest absolute Gasteiger partial charge is 0.444 e. The van der Waals surface area contributed by atoms with Gasteiger partial charge >= 0.3 is 6.09 Å². The quantitative estimate of drug-likeness (QED) is 0.280. The summed E-state index contributed by atoms with van der Waals surface area (Å²) in [5.41, 5.74) is -0.527. The molecule has 0 aliphatic carbocycles. The zero-order valence-corrected chi connectivity index (χ0v) is 16.6. The van der Waals surface area contributed by atoms with E-state index in [-0.39, 0.29) is 18.7 Å². The van der Waals surface area contributed by atoms with Crippen molar-refractivity contribution >= 4 is 25.8 Å². The van der Waals surface area contributed by atoms with Gasteiger partial charge in [0.25, 0.3) is 0 Å². The molecule has 22 heavy (non-hydrogen) atoms. The third-order valence-electron chi connectivity index (χ3n) is 2.61. The first-order chi connectivity index (χ1) is 10.0. The molecule has 132 valence electrons. The van der Waals surface area contributed by atoms with Crippen molar-refractivity contribution < 1.29 is 19.0 Å². The summed E-state index contributed by atoms with van der Waals surface area (Å²) in [6.07, 6.45) is 0.576. The summed E-state index contributed by atoms with van der Waals surface area (Å²) in [4.78, 5) is 11.6. The summed E-state index contributed by atoms with van der Waals surface area (Å²) in [6.45, 7) is 13.7. The van der Waals surface area contributed by atoms with Crippen LogP contribution in [0.15, 0.2) is 0 Å². The highest BCUT2D eigenvalue weighted by Crippen LogP contribution is 2.10. The first-order valence-corrected chi connectivity index (χ1v) is 12.0. The Hall–Kier alpha value is -0.303. The predicted molar refractivity (Wildman–Crippen MR) is 93.4 cm³/mol. The van der Waals surface area contributed by atoms with Crippen LogP contribution in [0, 0.1) is 0 Å². The van der Waals surface area contributed by atoms with E-state index < -0.39 is 19.8 Å². The van der Waals surface area contributed by atoms with Crippen LogP contribution in [-0.4, -0.2) is 51.7 Å². The summed E-state index contributed by atoms with van der Waals surface area (Å²) >= 11 is 5.81. The highest BCUT2D eigenvalue weighted by molar-refractivity contribution is 6.76. The smallest absolute Gasteiger partial charge is 0.407 e. The molecule has 0 bridgehead atoms. The standard InChI is InChI=1S/C15H32ClNO4Si/c1-15(2,3)21-14(18)17-13(10-16)11-20-12-19-8-7-9-22(4,5)6/h13H,7-12H2,1-6H3,(H,17,18). The highest BCUT2D eigenvalue weighted by atomic mass is 35.5. The van der Waals surface area contributed by atoms with Crippen LogP contribution in [0.4, 0.5) is 4.79 Å². The fourth-order valence-electron chi connectivity index (χ4n) is 1.61. The maximum absolute atomic E-state index is 11.6. The minimum Gasteiger partial charge on any atom is -0.444 e. The first kappa shape index (κ1) is 21.7. The number of hydrogen-bond acceptors (Lipinski definition) is 4. The number of amides is 1. The maximum atomic E-state index is 11.6. The van der Waals surface area contributed by atoms with E-state index in [1.54, 1.807) is 0 Å². The zero-order valence-electron chi connectivity index (χ0n) is 14.8. The van der Waals surface area contributed by atoms with Gasteiger partial charge in [-0.1, -0.05) is 25.7 Å². The molecule has 0 aliphatic heterocycles. The summed E-state index contributed by atoms with van der Waals surface area (Å²) < 4.78 is 16.0. The van der Waals surface area contributed by atoms with Gasteiger partial charge in [0.05, 0.1) is 12.6 Å². The first-order valence-electron chi connectivity index (χ1n) is 7.74. The van der Waals surface area contributed by atoms with Crippen molar-refractivity contribution in [3.05, 3.63) is 0 Å². The Labute approximate surface area is 141 Å². The van der Waals surface area contributed by atoms with Crippen molar-refractivity contribution in [2.45, 2.75) is 64.5 Å². The molecule has 7 heteroatoms. The molecule has 0 aromatic carbocycles. The normalized spacial score (nSPS) is 13.8. The number of nitrogens with one attached hydrogen (secondary N) is 1. The lowest BCUT2D eigenvalue weighted by Crippen LogP contribution is -2.42. The Morgan fingerprint density at radius 3 is 2.36 bits per heavy atom. The minimum atomic E-state index is -0.987. The molecule has 0 saturated heterocycles. The molecular weight excluding hydrogens is 322 g/mol. The predicted octanol–water partition coefficient (Wildman–Crippen LogP) is 3.84. The number of carbonyl (C=O) groups is 1. The van der Waals surface area contributed by atoms with E-state index in [0.29, 0.717) is 13.2 Å². The Bertz CT molecular complexity index is 316. The van der Waals surface area contributed by atoms with Crippen molar-refractivity contribution in [2.75, 3.05) is 25.9 Å². The van der Waals surface area contributed by atoms with Crippen LogP contribution in [0.5, 0.6) is 0 Å². The third kappa shape index (κ3) is 14.6. The molecule has 0 aromatic heterocycles. The Kier molecular flexibility index (Phi) is 10.3. The van der Waals surface area contributed by atoms with Gasteiger partial charge < -0.3 is 19.5 Å². The second-order valence-electron chi connectivity index (χ2n) is 7.56. The number of ether oxygens (including phenoxy) is 3. The van der Waals surface area contributed by atoms with E-state index >= 15 is 0 Å². The summed E-state index contributed by atoms with van der Waals surface area (Å²) in [5.74, 6) is 0.259. The van der Waals surface area contributed by atoms with Crippen LogP contribution < -0.4 is 5.32 Å². The fourth-order valence-corrected chi connectivity index (χ4v) is 2.98. The Morgan fingerprint density at radius 1 is 1.23 bits per heavy atom. The SMILES string of the molecule is CC(C)(C)OC(=O)NC(CCl)COCOCCC[Si](C)(C)C. The van der Waals surface area contributed by atoms with Gasteiger partial charge in [0.1, 0.15) is 12.4 Å². The molecule has 1 amide bonds. The summed E-state index contributed by atoms with van der Waals surface area (Å²) in [7, 11) is -0.987. The molecule has 1 atom stereocenters. The number of rotatable bonds is 10. The van der Waals surface area contributed by atoms with Gasteiger partial charge in [-0.2, -0.15) is 0 Å². The summed E-state index contributed by atoms with van der Waals surface area (Å²) in [5, 5.41) is 2.68. The fraction of sp³-hybridized carbons (Fsp3) is 0.933. The lowest BCUT2D eigenvalue weighted by Gasteiger charge is -2.22. The van der Waals surface area contributed by atoms with Crippen molar-refractivity contribution in [2.24, 2.45) is 0 Å². The number of carbonyl (C=O) groups excluding carboxylic acids is 1. The summed E-state index contributed by atoms with van der Waals surface area (Å²) in [6, 6.07) is 0.958. The second kappa shape index (κ2) is 10.5. The van der Waals surface area contributed by atoms with Crippen LogP contribution in [0.2, 0.25) is 25.7 Å². The van der Waals surface area contributed by atoms with E-state index in [1.807, 2.05) is 20.8 Å². The van der Waals surface area contributed by atoms with E-state index in [0.717, 1.165) is 6.42 Å². The van der Waals surface area contributed by atoms with Gasteiger partial charge in [-0.3, -0.25) is 0 Å². The number of halogens is 1. The van der Waals surface area contributed by atoms with Crippen molar-refractivity contribution in [3.63, 3.8) is 0 Å². The average Bonchev–Trinajstić information content (AvgIpc) is 2.32. The second-order valence-corrected chi connectivity index (χ2v) is 13.5.